The molecule has 1 aliphatic heterocycles. The predicted molar refractivity (Wildman–Crippen MR) is 103 cm³/mol. The molecule has 3 aromatic rings. The van der Waals surface area contributed by atoms with Gasteiger partial charge in [0.15, 0.2) is 0 Å². The van der Waals surface area contributed by atoms with Crippen LogP contribution in [0.15, 0.2) is 66.1 Å². The van der Waals surface area contributed by atoms with Crippen LogP contribution in [0, 0.1) is 17.1 Å². The zero-order valence-corrected chi connectivity index (χ0v) is 15.4. The Morgan fingerprint density at radius 2 is 1.89 bits per heavy atom. The van der Waals surface area contributed by atoms with Gasteiger partial charge in [0.1, 0.15) is 17.5 Å². The lowest BCUT2D eigenvalue weighted by atomic mass is 9.83. The van der Waals surface area contributed by atoms with Crippen molar-refractivity contribution in [2.24, 2.45) is 5.73 Å². The van der Waals surface area contributed by atoms with Crippen molar-refractivity contribution in [3.05, 3.63) is 88.7 Å². The van der Waals surface area contributed by atoms with Crippen LogP contribution in [-0.4, -0.2) is 9.78 Å². The highest BCUT2D eigenvalue weighted by molar-refractivity contribution is 5.57. The van der Waals surface area contributed by atoms with Crippen LogP contribution in [0.3, 0.4) is 0 Å². The van der Waals surface area contributed by atoms with E-state index < -0.39 is 5.92 Å². The van der Waals surface area contributed by atoms with E-state index in [1.807, 2.05) is 30.3 Å². The molecule has 2 N–H and O–H groups in total. The molecule has 5 nitrogen and oxygen atoms in total. The number of rotatable bonds is 4. The molecule has 0 aliphatic carbocycles. The number of aryl methyl sites for hydroxylation is 1. The fourth-order valence-electron chi connectivity index (χ4n) is 3.57. The summed E-state index contributed by atoms with van der Waals surface area (Å²) in [4.78, 5) is 0. The first-order chi connectivity index (χ1) is 13.6. The van der Waals surface area contributed by atoms with Crippen LogP contribution in [0.4, 0.5) is 4.39 Å². The fraction of sp³-hybridized carbons (Fsp3) is 0.182. The van der Waals surface area contributed by atoms with Crippen molar-refractivity contribution in [3.8, 4) is 17.6 Å². The van der Waals surface area contributed by atoms with Gasteiger partial charge in [-0.1, -0.05) is 43.7 Å². The van der Waals surface area contributed by atoms with Gasteiger partial charge in [0.25, 0.3) is 0 Å². The van der Waals surface area contributed by atoms with E-state index in [1.165, 1.54) is 12.1 Å². The molecule has 4 rings (SSSR count). The molecule has 2 aromatic carbocycles. The van der Waals surface area contributed by atoms with E-state index in [4.69, 9.17) is 15.6 Å². The monoisotopic (exact) mass is 374 g/mol. The van der Waals surface area contributed by atoms with Crippen LogP contribution in [0.1, 0.15) is 36.1 Å². The van der Waals surface area contributed by atoms with Gasteiger partial charge in [0.2, 0.25) is 11.8 Å². The summed E-state index contributed by atoms with van der Waals surface area (Å²) in [6.45, 7) is 2.07. The maximum Gasteiger partial charge on any atom is 0.229 e. The van der Waals surface area contributed by atoms with Crippen molar-refractivity contribution in [1.29, 1.82) is 5.26 Å². The van der Waals surface area contributed by atoms with Crippen molar-refractivity contribution in [3.63, 3.8) is 0 Å². The number of hydrogen-bond donors (Lipinski definition) is 1. The minimum Gasteiger partial charge on any atom is -0.422 e. The molecule has 0 unspecified atom stereocenters. The molecule has 6 heteroatoms. The minimum absolute atomic E-state index is 0.0458. The highest BCUT2D eigenvalue weighted by Crippen LogP contribution is 2.45. The molecule has 28 heavy (non-hydrogen) atoms. The number of para-hydroxylation sites is 1. The summed E-state index contributed by atoms with van der Waals surface area (Å²) in [6, 6.07) is 17.9. The van der Waals surface area contributed by atoms with Gasteiger partial charge < -0.3 is 10.5 Å². The number of aromatic nitrogens is 2. The molecule has 0 bridgehead atoms. The third-order valence-corrected chi connectivity index (χ3v) is 4.82. The Morgan fingerprint density at radius 3 is 2.54 bits per heavy atom. The Morgan fingerprint density at radius 1 is 1.18 bits per heavy atom. The average Bonchev–Trinajstić information content (AvgIpc) is 3.06. The molecule has 0 radical (unpaired) electrons. The highest BCUT2D eigenvalue weighted by atomic mass is 19.1. The summed E-state index contributed by atoms with van der Waals surface area (Å²) >= 11 is 0. The topological polar surface area (TPSA) is 76.9 Å². The van der Waals surface area contributed by atoms with Crippen LogP contribution >= 0.6 is 0 Å². The second kappa shape index (κ2) is 7.20. The molecule has 1 aliphatic rings. The third kappa shape index (κ3) is 2.91. The van der Waals surface area contributed by atoms with Crippen molar-refractivity contribution < 1.29 is 9.13 Å². The maximum absolute atomic E-state index is 13.5. The Kier molecular flexibility index (Phi) is 4.58. The number of hydrogen-bond acceptors (Lipinski definition) is 4. The first-order valence-electron chi connectivity index (χ1n) is 9.14. The van der Waals surface area contributed by atoms with Crippen LogP contribution in [0.5, 0.6) is 5.88 Å². The minimum atomic E-state index is -0.451. The molecule has 0 saturated heterocycles. The summed E-state index contributed by atoms with van der Waals surface area (Å²) < 4.78 is 21.1. The van der Waals surface area contributed by atoms with Crippen LogP contribution < -0.4 is 10.5 Å². The summed E-state index contributed by atoms with van der Waals surface area (Å²) in [5, 5.41) is 14.5. The van der Waals surface area contributed by atoms with Crippen molar-refractivity contribution in [2.75, 3.05) is 0 Å². The van der Waals surface area contributed by atoms with E-state index in [2.05, 4.69) is 13.0 Å². The Balaban J connectivity index is 1.97. The number of nitriles is 1. The molecule has 0 amide bonds. The quantitative estimate of drug-likeness (QED) is 0.743. The molecular weight excluding hydrogens is 355 g/mol. The fourth-order valence-corrected chi connectivity index (χ4v) is 3.57. The largest absolute Gasteiger partial charge is 0.422 e. The summed E-state index contributed by atoms with van der Waals surface area (Å²) in [7, 11) is 0. The number of nitrogens with zero attached hydrogens (tertiary/aromatic N) is 3. The van der Waals surface area contributed by atoms with Crippen molar-refractivity contribution in [2.45, 2.75) is 25.7 Å². The Labute approximate surface area is 162 Å². The van der Waals surface area contributed by atoms with Crippen molar-refractivity contribution >= 4 is 0 Å². The van der Waals surface area contributed by atoms with E-state index in [9.17, 15) is 9.65 Å². The van der Waals surface area contributed by atoms with E-state index in [0.717, 1.165) is 35.3 Å². The zero-order chi connectivity index (χ0) is 19.7. The molecular formula is C22H19FN4O. The number of allylic oxidation sites excluding steroid dienone is 1. The van der Waals surface area contributed by atoms with Gasteiger partial charge in [-0.15, -0.1) is 0 Å². The second-order valence-corrected chi connectivity index (χ2v) is 6.64. The van der Waals surface area contributed by atoms with Gasteiger partial charge in [-0.05, 0) is 36.2 Å². The average molecular weight is 374 g/mol. The second-order valence-electron chi connectivity index (χ2n) is 6.64. The smallest absolute Gasteiger partial charge is 0.229 e. The maximum atomic E-state index is 13.5. The van der Waals surface area contributed by atoms with Crippen LogP contribution in [0.2, 0.25) is 0 Å². The van der Waals surface area contributed by atoms with Gasteiger partial charge in [0.05, 0.1) is 22.9 Å². The lowest BCUT2D eigenvalue weighted by Crippen LogP contribution is -2.22. The molecule has 140 valence electrons. The number of fused-ring (bicyclic) bond motifs is 1. The number of nitrogens with two attached hydrogens (primary N) is 1. The predicted octanol–water partition coefficient (Wildman–Crippen LogP) is 4.18. The summed E-state index contributed by atoms with van der Waals surface area (Å²) in [5.74, 6) is -0.237. The van der Waals surface area contributed by atoms with E-state index in [-0.39, 0.29) is 11.7 Å². The Hall–Kier alpha value is -3.59. The van der Waals surface area contributed by atoms with Gasteiger partial charge in [0, 0.05) is 0 Å². The summed E-state index contributed by atoms with van der Waals surface area (Å²) in [5.41, 5.74) is 9.69. The summed E-state index contributed by atoms with van der Waals surface area (Å²) in [6.07, 6.45) is 1.61. The molecule has 0 saturated carbocycles. The SMILES string of the molecule is CCCc1nn(-c2ccccc2)c2c1[C@H](c1ccc(F)cc1)C(C#N)=C(N)O2. The van der Waals surface area contributed by atoms with E-state index in [1.54, 1.807) is 16.8 Å². The van der Waals surface area contributed by atoms with E-state index >= 15 is 0 Å². The molecule has 1 atom stereocenters. The first kappa shape index (κ1) is 17.8. The zero-order valence-electron chi connectivity index (χ0n) is 15.4. The van der Waals surface area contributed by atoms with Gasteiger partial charge in [-0.3, -0.25) is 0 Å². The van der Waals surface area contributed by atoms with Crippen LogP contribution in [-0.2, 0) is 6.42 Å². The Bertz CT molecular complexity index is 1080. The standard InChI is InChI=1S/C22H19FN4O/c1-2-6-18-20-19(14-9-11-15(23)12-10-14)17(13-24)21(25)28-22(20)27(26-18)16-7-4-3-5-8-16/h3-5,7-12,19H,2,6,25H2,1H3/t19-/m1/s1. The lowest BCUT2D eigenvalue weighted by Gasteiger charge is -2.25. The van der Waals surface area contributed by atoms with Crippen LogP contribution in [0.25, 0.3) is 5.69 Å². The normalized spacial score (nSPS) is 15.7. The highest BCUT2D eigenvalue weighted by Gasteiger charge is 2.36. The lowest BCUT2D eigenvalue weighted by molar-refractivity contribution is 0.367. The molecule has 0 spiro atoms. The molecule has 1 aromatic heterocycles. The molecule has 0 fully saturated rings. The third-order valence-electron chi connectivity index (χ3n) is 4.82. The van der Waals surface area contributed by atoms with E-state index in [0.29, 0.717) is 11.5 Å². The van der Waals surface area contributed by atoms with Crippen molar-refractivity contribution in [1.82, 2.24) is 9.78 Å². The number of halogens is 1. The number of ether oxygens (including phenoxy) is 1. The molecule has 2 heterocycles. The van der Waals surface area contributed by atoms with Gasteiger partial charge >= 0.3 is 0 Å². The van der Waals surface area contributed by atoms with Gasteiger partial charge in [-0.2, -0.15) is 10.4 Å². The number of benzene rings is 2. The van der Waals surface area contributed by atoms with Gasteiger partial charge in [-0.25, -0.2) is 9.07 Å². The first-order valence-corrected chi connectivity index (χ1v) is 9.14.